The molecule has 214 valence electrons. The number of carboxylic acid groups (broad SMARTS) is 1. The van der Waals surface area contributed by atoms with E-state index in [1.165, 1.54) is 45.0 Å². The number of Topliss-reactive ketones (excluding diaryl/α,β-unsaturated/α-hetero) is 1. The number of hydrogen-bond acceptors (Lipinski definition) is 7. The molecule has 14 heteroatoms. The largest absolute Gasteiger partial charge is 0.480 e. The highest BCUT2D eigenvalue weighted by molar-refractivity contribution is 6.07. The van der Waals surface area contributed by atoms with E-state index in [1.807, 2.05) is 0 Å². The van der Waals surface area contributed by atoms with Gasteiger partial charge in [0.1, 0.15) is 18.6 Å². The molecule has 4 N–H and O–H groups in total. The SMILES string of the molecule is CCC(C(=O)C(F)(F)F)N(C(=O)[C@@H]1CCCN1)C(=O)[C@@H](NC(=O)c1ccc(C(=O)NCC(=O)O)cc1)C(C)C. The number of nitrogens with zero attached hydrogens (tertiary/aromatic N) is 1. The summed E-state index contributed by atoms with van der Waals surface area (Å²) in [5.41, 5.74) is 0.0403. The fraction of sp³-hybridized carbons (Fsp3) is 0.520. The Bertz CT molecular complexity index is 1100. The zero-order chi connectivity index (χ0) is 29.5. The van der Waals surface area contributed by atoms with Crippen molar-refractivity contribution in [3.05, 3.63) is 35.4 Å². The molecule has 0 bridgehead atoms. The van der Waals surface area contributed by atoms with Gasteiger partial charge in [-0.05, 0) is 56.0 Å². The molecular formula is C25H31F3N4O7. The van der Waals surface area contributed by atoms with E-state index in [-0.39, 0.29) is 17.5 Å². The average Bonchev–Trinajstić information content (AvgIpc) is 3.42. The molecule has 1 heterocycles. The van der Waals surface area contributed by atoms with Gasteiger partial charge >= 0.3 is 12.1 Å². The Kier molecular flexibility index (Phi) is 10.7. The maximum Gasteiger partial charge on any atom is 0.452 e. The normalized spacial score (nSPS) is 16.7. The van der Waals surface area contributed by atoms with Gasteiger partial charge in [-0.15, -0.1) is 0 Å². The van der Waals surface area contributed by atoms with Crippen LogP contribution in [0.5, 0.6) is 0 Å². The van der Waals surface area contributed by atoms with E-state index in [9.17, 15) is 41.9 Å². The molecule has 1 saturated heterocycles. The smallest absolute Gasteiger partial charge is 0.452 e. The Morgan fingerprint density at radius 2 is 1.62 bits per heavy atom. The van der Waals surface area contributed by atoms with E-state index in [4.69, 9.17) is 5.11 Å². The van der Waals surface area contributed by atoms with Crippen molar-refractivity contribution in [2.24, 2.45) is 5.92 Å². The molecule has 11 nitrogen and oxygen atoms in total. The number of carbonyl (C=O) groups is 6. The average molecular weight is 557 g/mol. The summed E-state index contributed by atoms with van der Waals surface area (Å²) in [4.78, 5) is 74.9. The molecular weight excluding hydrogens is 525 g/mol. The molecule has 3 atom stereocenters. The third-order valence-corrected chi connectivity index (χ3v) is 6.14. The number of carbonyl (C=O) groups excluding carboxylic acids is 5. The standard InChI is InChI=1S/C25H31F3N4O7/c1-4-17(20(35)25(26,27)28)32(23(38)16-6-5-11-29-16)24(39)19(13(2)3)31-22(37)15-9-7-14(8-10-15)21(36)30-12-18(33)34/h7-10,13,16-17,19,29H,4-6,11-12H2,1-3H3,(H,30,36)(H,31,37)(H,33,34)/t16-,17?,19-/m0/s1. The van der Waals surface area contributed by atoms with Crippen LogP contribution >= 0.6 is 0 Å². The first-order valence-corrected chi connectivity index (χ1v) is 12.3. The number of amides is 4. The van der Waals surface area contributed by atoms with Crippen LogP contribution in [0.4, 0.5) is 13.2 Å². The van der Waals surface area contributed by atoms with Gasteiger partial charge in [0.15, 0.2) is 0 Å². The molecule has 1 aliphatic heterocycles. The maximum absolute atomic E-state index is 13.6. The molecule has 1 unspecified atom stereocenters. The van der Waals surface area contributed by atoms with Gasteiger partial charge in [-0.1, -0.05) is 20.8 Å². The first-order valence-electron chi connectivity index (χ1n) is 12.3. The Labute approximate surface area is 222 Å². The second-order valence-corrected chi connectivity index (χ2v) is 9.33. The second kappa shape index (κ2) is 13.3. The minimum absolute atomic E-state index is 0.0167. The lowest BCUT2D eigenvalue weighted by atomic mass is 9.98. The first kappa shape index (κ1) is 31.4. The predicted molar refractivity (Wildman–Crippen MR) is 131 cm³/mol. The van der Waals surface area contributed by atoms with E-state index < -0.39 is 78.6 Å². The Morgan fingerprint density at radius 1 is 1.05 bits per heavy atom. The number of benzene rings is 1. The number of alkyl halides is 3. The number of carboxylic acids is 1. The third kappa shape index (κ3) is 8.09. The second-order valence-electron chi connectivity index (χ2n) is 9.33. The molecule has 1 aromatic carbocycles. The van der Waals surface area contributed by atoms with Crippen molar-refractivity contribution >= 4 is 35.4 Å². The van der Waals surface area contributed by atoms with Crippen molar-refractivity contribution in [2.75, 3.05) is 13.1 Å². The highest BCUT2D eigenvalue weighted by Crippen LogP contribution is 2.25. The molecule has 0 spiro atoms. The zero-order valence-electron chi connectivity index (χ0n) is 21.6. The van der Waals surface area contributed by atoms with Crippen molar-refractivity contribution in [2.45, 2.75) is 64.3 Å². The van der Waals surface area contributed by atoms with E-state index in [0.717, 1.165) is 0 Å². The molecule has 2 rings (SSSR count). The minimum atomic E-state index is -5.29. The van der Waals surface area contributed by atoms with E-state index in [0.29, 0.717) is 17.9 Å². The number of halogens is 3. The van der Waals surface area contributed by atoms with Crippen LogP contribution in [0.15, 0.2) is 24.3 Å². The minimum Gasteiger partial charge on any atom is -0.480 e. The lowest BCUT2D eigenvalue weighted by Gasteiger charge is -2.34. The topological polar surface area (TPSA) is 162 Å². The molecule has 4 amide bonds. The quantitative estimate of drug-likeness (QED) is 0.317. The van der Waals surface area contributed by atoms with Gasteiger partial charge in [0.2, 0.25) is 5.91 Å². The molecule has 0 aromatic heterocycles. The lowest BCUT2D eigenvalue weighted by molar-refractivity contribution is -0.180. The zero-order valence-corrected chi connectivity index (χ0v) is 21.6. The van der Waals surface area contributed by atoms with Gasteiger partial charge in [-0.3, -0.25) is 33.7 Å². The third-order valence-electron chi connectivity index (χ3n) is 6.14. The predicted octanol–water partition coefficient (Wildman–Crippen LogP) is 1.27. The van der Waals surface area contributed by atoms with Crippen molar-refractivity contribution in [1.82, 2.24) is 20.9 Å². The summed E-state index contributed by atoms with van der Waals surface area (Å²) in [6.45, 7) is 4.09. The summed E-state index contributed by atoms with van der Waals surface area (Å²) in [7, 11) is 0. The van der Waals surface area contributed by atoms with Gasteiger partial charge in [-0.25, -0.2) is 0 Å². The fourth-order valence-corrected chi connectivity index (χ4v) is 4.07. The van der Waals surface area contributed by atoms with Crippen LogP contribution in [0.25, 0.3) is 0 Å². The number of nitrogens with one attached hydrogen (secondary N) is 3. The van der Waals surface area contributed by atoms with Crippen LogP contribution in [0.2, 0.25) is 0 Å². The summed E-state index contributed by atoms with van der Waals surface area (Å²) in [6, 6.07) is 0.447. The van der Waals surface area contributed by atoms with Crippen molar-refractivity contribution in [1.29, 1.82) is 0 Å². The highest BCUT2D eigenvalue weighted by atomic mass is 19.4. The Hall–Kier alpha value is -3.81. The van der Waals surface area contributed by atoms with Crippen LogP contribution in [0.1, 0.15) is 60.7 Å². The van der Waals surface area contributed by atoms with Crippen LogP contribution in [-0.4, -0.2) is 82.8 Å². The van der Waals surface area contributed by atoms with Crippen LogP contribution in [0.3, 0.4) is 0 Å². The summed E-state index contributed by atoms with van der Waals surface area (Å²) < 4.78 is 40.1. The molecule has 39 heavy (non-hydrogen) atoms. The van der Waals surface area contributed by atoms with Crippen LogP contribution < -0.4 is 16.0 Å². The maximum atomic E-state index is 13.6. The van der Waals surface area contributed by atoms with E-state index >= 15 is 0 Å². The Balaban J connectivity index is 2.33. The molecule has 0 radical (unpaired) electrons. The first-order chi connectivity index (χ1) is 18.2. The highest BCUT2D eigenvalue weighted by Gasteiger charge is 2.50. The summed E-state index contributed by atoms with van der Waals surface area (Å²) in [6.07, 6.45) is -4.95. The molecule has 1 fully saturated rings. The monoisotopic (exact) mass is 556 g/mol. The van der Waals surface area contributed by atoms with Crippen LogP contribution in [-0.2, 0) is 19.2 Å². The number of imide groups is 1. The fourth-order valence-electron chi connectivity index (χ4n) is 4.07. The van der Waals surface area contributed by atoms with Crippen molar-refractivity contribution in [3.8, 4) is 0 Å². The summed E-state index contributed by atoms with van der Waals surface area (Å²) in [5.74, 6) is -7.81. The molecule has 1 aliphatic rings. The van der Waals surface area contributed by atoms with Gasteiger partial charge < -0.3 is 21.1 Å². The van der Waals surface area contributed by atoms with Crippen molar-refractivity contribution < 1.29 is 47.0 Å². The molecule has 0 aliphatic carbocycles. The van der Waals surface area contributed by atoms with E-state index in [1.54, 1.807) is 0 Å². The number of hydrogen-bond donors (Lipinski definition) is 4. The van der Waals surface area contributed by atoms with Crippen molar-refractivity contribution in [3.63, 3.8) is 0 Å². The van der Waals surface area contributed by atoms with Gasteiger partial charge in [0.25, 0.3) is 23.5 Å². The number of aliphatic carboxylic acids is 1. The summed E-state index contributed by atoms with van der Waals surface area (Å²) >= 11 is 0. The van der Waals surface area contributed by atoms with Gasteiger partial charge in [0, 0.05) is 11.1 Å². The van der Waals surface area contributed by atoms with Gasteiger partial charge in [-0.2, -0.15) is 13.2 Å². The van der Waals surface area contributed by atoms with Gasteiger partial charge in [0.05, 0.1) is 6.04 Å². The lowest BCUT2D eigenvalue weighted by Crippen LogP contribution is -2.61. The summed E-state index contributed by atoms with van der Waals surface area (Å²) in [5, 5.41) is 16.1. The molecule has 1 aromatic rings. The van der Waals surface area contributed by atoms with E-state index in [2.05, 4.69) is 16.0 Å². The van der Waals surface area contributed by atoms with Crippen LogP contribution in [0, 0.1) is 5.92 Å². The number of rotatable bonds is 11. The molecule has 0 saturated carbocycles. The number of ketones is 1. The Morgan fingerprint density at radius 3 is 2.05 bits per heavy atom.